The smallest absolute Gasteiger partial charge is 0.255 e. The molecule has 5 nitrogen and oxygen atoms in total. The third-order valence-electron chi connectivity index (χ3n) is 4.39. The third-order valence-corrected chi connectivity index (χ3v) is 4.39. The fraction of sp³-hybridized carbons (Fsp3) is 0.333. The van der Waals surface area contributed by atoms with Gasteiger partial charge in [0, 0.05) is 38.1 Å². The second kappa shape index (κ2) is 6.79. The second-order valence-corrected chi connectivity index (χ2v) is 5.83. The zero-order chi connectivity index (χ0) is 16.2. The topological polar surface area (TPSA) is 62.5 Å². The SMILES string of the molecule is CN(c1ccccc1)c1ccc(C(=O)N2CCCC2CN)cn1. The van der Waals surface area contributed by atoms with Gasteiger partial charge in [-0.1, -0.05) is 18.2 Å². The summed E-state index contributed by atoms with van der Waals surface area (Å²) in [4.78, 5) is 20.9. The summed E-state index contributed by atoms with van der Waals surface area (Å²) in [5.41, 5.74) is 7.43. The maximum atomic E-state index is 12.6. The Kier molecular flexibility index (Phi) is 4.57. The lowest BCUT2D eigenvalue weighted by Crippen LogP contribution is -2.39. The highest BCUT2D eigenvalue weighted by molar-refractivity contribution is 5.94. The first-order valence-corrected chi connectivity index (χ1v) is 7.96. The summed E-state index contributed by atoms with van der Waals surface area (Å²) >= 11 is 0. The largest absolute Gasteiger partial charge is 0.334 e. The minimum atomic E-state index is 0.0272. The number of hydrogen-bond acceptors (Lipinski definition) is 4. The Labute approximate surface area is 136 Å². The van der Waals surface area contributed by atoms with E-state index in [0.717, 1.165) is 30.9 Å². The zero-order valence-electron chi connectivity index (χ0n) is 13.4. The van der Waals surface area contributed by atoms with Crippen LogP contribution in [0.25, 0.3) is 0 Å². The van der Waals surface area contributed by atoms with Crippen LogP contribution in [0.15, 0.2) is 48.7 Å². The summed E-state index contributed by atoms with van der Waals surface area (Å²) in [6.45, 7) is 1.31. The first-order chi connectivity index (χ1) is 11.2. The Balaban J connectivity index is 1.75. The number of benzene rings is 1. The fourth-order valence-corrected chi connectivity index (χ4v) is 3.01. The van der Waals surface area contributed by atoms with E-state index >= 15 is 0 Å². The predicted octanol–water partition coefficient (Wildman–Crippen LogP) is 2.41. The predicted molar refractivity (Wildman–Crippen MR) is 91.9 cm³/mol. The molecule has 0 radical (unpaired) electrons. The van der Waals surface area contributed by atoms with E-state index in [0.29, 0.717) is 12.1 Å². The van der Waals surface area contributed by atoms with Crippen molar-refractivity contribution in [3.05, 3.63) is 54.2 Å². The van der Waals surface area contributed by atoms with Crippen LogP contribution in [0.2, 0.25) is 0 Å². The summed E-state index contributed by atoms with van der Waals surface area (Å²) in [5.74, 6) is 0.837. The molecule has 1 aromatic heterocycles. The molecule has 1 aliphatic heterocycles. The van der Waals surface area contributed by atoms with Gasteiger partial charge in [0.1, 0.15) is 5.82 Å². The lowest BCUT2D eigenvalue weighted by Gasteiger charge is -2.24. The van der Waals surface area contributed by atoms with Crippen molar-refractivity contribution in [2.75, 3.05) is 25.0 Å². The molecule has 1 aromatic carbocycles. The van der Waals surface area contributed by atoms with Crippen molar-refractivity contribution in [1.29, 1.82) is 0 Å². The van der Waals surface area contributed by atoms with Crippen LogP contribution in [0, 0.1) is 0 Å². The lowest BCUT2D eigenvalue weighted by atomic mass is 10.2. The van der Waals surface area contributed by atoms with Crippen LogP contribution in [0.3, 0.4) is 0 Å². The molecule has 120 valence electrons. The number of carbonyl (C=O) groups excluding carboxylic acids is 1. The molecule has 0 saturated carbocycles. The Morgan fingerprint density at radius 1 is 1.30 bits per heavy atom. The van der Waals surface area contributed by atoms with Crippen LogP contribution in [-0.2, 0) is 0 Å². The van der Waals surface area contributed by atoms with Gasteiger partial charge in [-0.3, -0.25) is 4.79 Å². The third kappa shape index (κ3) is 3.19. The first kappa shape index (κ1) is 15.5. The molecule has 5 heteroatoms. The van der Waals surface area contributed by atoms with Crippen LogP contribution in [0.1, 0.15) is 23.2 Å². The number of para-hydroxylation sites is 1. The minimum Gasteiger partial charge on any atom is -0.334 e. The standard InChI is InChI=1S/C18H22N4O/c1-21(15-6-3-2-4-7-15)17-10-9-14(13-20-17)18(23)22-11-5-8-16(22)12-19/h2-4,6-7,9-10,13,16H,5,8,11-12,19H2,1H3. The maximum Gasteiger partial charge on any atom is 0.255 e. The van der Waals surface area contributed by atoms with Crippen molar-refractivity contribution in [2.45, 2.75) is 18.9 Å². The molecule has 23 heavy (non-hydrogen) atoms. The summed E-state index contributed by atoms with van der Waals surface area (Å²) in [5, 5.41) is 0. The molecule has 0 spiro atoms. The molecule has 3 rings (SSSR count). The van der Waals surface area contributed by atoms with Gasteiger partial charge < -0.3 is 15.5 Å². The Hall–Kier alpha value is -2.40. The second-order valence-electron chi connectivity index (χ2n) is 5.83. The van der Waals surface area contributed by atoms with Crippen molar-refractivity contribution in [2.24, 2.45) is 5.73 Å². The van der Waals surface area contributed by atoms with E-state index in [2.05, 4.69) is 4.98 Å². The number of nitrogens with two attached hydrogens (primary N) is 1. The zero-order valence-corrected chi connectivity index (χ0v) is 13.4. The van der Waals surface area contributed by atoms with Gasteiger partial charge in [0.2, 0.25) is 0 Å². The van der Waals surface area contributed by atoms with E-state index in [-0.39, 0.29) is 11.9 Å². The van der Waals surface area contributed by atoms with Crippen molar-refractivity contribution in [3.8, 4) is 0 Å². The number of nitrogens with zero attached hydrogens (tertiary/aromatic N) is 3. The van der Waals surface area contributed by atoms with Crippen LogP contribution < -0.4 is 10.6 Å². The molecule has 1 aliphatic rings. The van der Waals surface area contributed by atoms with Crippen molar-refractivity contribution >= 4 is 17.4 Å². The number of rotatable bonds is 4. The number of aromatic nitrogens is 1. The van der Waals surface area contributed by atoms with Gasteiger partial charge >= 0.3 is 0 Å². The molecule has 0 bridgehead atoms. The summed E-state index contributed by atoms with van der Waals surface area (Å²) in [7, 11) is 1.96. The number of likely N-dealkylation sites (tertiary alicyclic amines) is 1. The van der Waals surface area contributed by atoms with Gasteiger partial charge in [0.25, 0.3) is 5.91 Å². The number of amides is 1. The summed E-state index contributed by atoms with van der Waals surface area (Å²) in [6, 6.07) is 13.9. The molecule has 0 aliphatic carbocycles. The van der Waals surface area contributed by atoms with Crippen LogP contribution in [-0.4, -0.2) is 42.0 Å². The van der Waals surface area contributed by atoms with E-state index < -0.39 is 0 Å². The molecule has 1 atom stereocenters. The van der Waals surface area contributed by atoms with Gasteiger partial charge in [0.15, 0.2) is 0 Å². The van der Waals surface area contributed by atoms with Gasteiger partial charge in [0.05, 0.1) is 5.56 Å². The quantitative estimate of drug-likeness (QED) is 0.942. The number of hydrogen-bond donors (Lipinski definition) is 1. The Morgan fingerprint density at radius 2 is 2.09 bits per heavy atom. The molecule has 2 N–H and O–H groups in total. The van der Waals surface area contributed by atoms with Crippen LogP contribution in [0.4, 0.5) is 11.5 Å². The van der Waals surface area contributed by atoms with Crippen molar-refractivity contribution < 1.29 is 4.79 Å². The molecular formula is C18H22N4O. The van der Waals surface area contributed by atoms with Gasteiger partial charge in [-0.15, -0.1) is 0 Å². The van der Waals surface area contributed by atoms with Gasteiger partial charge in [-0.25, -0.2) is 4.98 Å². The first-order valence-electron chi connectivity index (χ1n) is 7.96. The number of pyridine rings is 1. The lowest BCUT2D eigenvalue weighted by molar-refractivity contribution is 0.0741. The summed E-state index contributed by atoms with van der Waals surface area (Å²) in [6.07, 6.45) is 3.67. The minimum absolute atomic E-state index is 0.0272. The fourth-order valence-electron chi connectivity index (χ4n) is 3.01. The molecular weight excluding hydrogens is 288 g/mol. The maximum absolute atomic E-state index is 12.6. The Bertz CT molecular complexity index is 656. The molecule has 1 amide bonds. The van der Waals surface area contributed by atoms with E-state index in [1.165, 1.54) is 0 Å². The van der Waals surface area contributed by atoms with Gasteiger partial charge in [-0.05, 0) is 37.1 Å². The highest BCUT2D eigenvalue weighted by atomic mass is 16.2. The molecule has 1 saturated heterocycles. The molecule has 1 unspecified atom stereocenters. The monoisotopic (exact) mass is 310 g/mol. The average Bonchev–Trinajstić information content (AvgIpc) is 3.10. The average molecular weight is 310 g/mol. The van der Waals surface area contributed by atoms with Crippen LogP contribution >= 0.6 is 0 Å². The van der Waals surface area contributed by atoms with Gasteiger partial charge in [-0.2, -0.15) is 0 Å². The van der Waals surface area contributed by atoms with Crippen molar-refractivity contribution in [3.63, 3.8) is 0 Å². The van der Waals surface area contributed by atoms with E-state index in [9.17, 15) is 4.79 Å². The van der Waals surface area contributed by atoms with Crippen LogP contribution in [0.5, 0.6) is 0 Å². The van der Waals surface area contributed by atoms with Crippen molar-refractivity contribution in [1.82, 2.24) is 9.88 Å². The highest BCUT2D eigenvalue weighted by Gasteiger charge is 2.28. The van der Waals surface area contributed by atoms with E-state index in [4.69, 9.17) is 5.73 Å². The summed E-state index contributed by atoms with van der Waals surface area (Å²) < 4.78 is 0. The Morgan fingerprint density at radius 3 is 2.74 bits per heavy atom. The molecule has 2 heterocycles. The molecule has 1 fully saturated rings. The number of anilines is 2. The van der Waals surface area contributed by atoms with E-state index in [1.807, 2.05) is 59.3 Å². The normalized spacial score (nSPS) is 17.3. The van der Waals surface area contributed by atoms with E-state index in [1.54, 1.807) is 6.20 Å². The highest BCUT2D eigenvalue weighted by Crippen LogP contribution is 2.23. The molecule has 2 aromatic rings. The number of carbonyl (C=O) groups is 1.